The van der Waals surface area contributed by atoms with Gasteiger partial charge < -0.3 is 13.6 Å². The number of aromatic nitrogens is 1. The molecule has 2 heterocycles. The Morgan fingerprint density at radius 1 is 1.10 bits per heavy atom. The summed E-state index contributed by atoms with van der Waals surface area (Å²) in [5, 5.41) is 0. The third-order valence-electron chi connectivity index (χ3n) is 4.92. The van der Waals surface area contributed by atoms with Crippen LogP contribution in [0.1, 0.15) is 49.7 Å². The first kappa shape index (κ1) is 22.2. The van der Waals surface area contributed by atoms with Gasteiger partial charge in [-0.3, -0.25) is 0 Å². The summed E-state index contributed by atoms with van der Waals surface area (Å²) in [6.45, 7) is 12.9. The number of pyridine rings is 1. The Balaban J connectivity index is 2.19. The number of rotatable bonds is 6. The molecule has 3 rings (SSSR count). The number of fused-ring (bicyclic) bond motifs is 1. The summed E-state index contributed by atoms with van der Waals surface area (Å²) in [6.07, 6.45) is 3.77. The Kier molecular flexibility index (Phi) is 6.48. The molecule has 0 amide bonds. The number of carbonyl (C=O) groups excluding carboxylic acids is 1. The summed E-state index contributed by atoms with van der Waals surface area (Å²) in [5.74, 6) is -0.703. The van der Waals surface area contributed by atoms with Crippen molar-refractivity contribution in [1.82, 2.24) is 4.40 Å². The second-order valence-electron chi connectivity index (χ2n) is 8.83. The van der Waals surface area contributed by atoms with Gasteiger partial charge in [0, 0.05) is 18.0 Å². The van der Waals surface area contributed by atoms with Crippen molar-refractivity contribution in [3.05, 3.63) is 65.7 Å². The summed E-state index contributed by atoms with van der Waals surface area (Å²) < 4.78 is 27.1. The van der Waals surface area contributed by atoms with Crippen LogP contribution >= 0.6 is 0 Å². The molecule has 1 unspecified atom stereocenters. The lowest BCUT2D eigenvalue weighted by Crippen LogP contribution is -2.26. The van der Waals surface area contributed by atoms with E-state index >= 15 is 0 Å². The monoisotopic (exact) mass is 427 g/mol. The van der Waals surface area contributed by atoms with E-state index in [0.29, 0.717) is 5.56 Å². The third kappa shape index (κ3) is 4.65. The van der Waals surface area contributed by atoms with E-state index in [1.807, 2.05) is 16.7 Å². The molecule has 160 valence electrons. The Hall–Kier alpha value is -2.44. The van der Waals surface area contributed by atoms with Crippen LogP contribution in [0.15, 0.2) is 48.8 Å². The maximum Gasteiger partial charge on any atom is 0.340 e. The van der Waals surface area contributed by atoms with Crippen molar-refractivity contribution < 1.29 is 18.3 Å². The van der Waals surface area contributed by atoms with Crippen LogP contribution in [-0.4, -0.2) is 26.0 Å². The highest BCUT2D eigenvalue weighted by atomic mass is 28.3. The minimum absolute atomic E-state index is 0.0451. The Morgan fingerprint density at radius 3 is 2.33 bits per heavy atom. The van der Waals surface area contributed by atoms with Gasteiger partial charge in [0.25, 0.3) is 0 Å². The van der Waals surface area contributed by atoms with Gasteiger partial charge in [-0.25, -0.2) is 9.18 Å². The highest BCUT2D eigenvalue weighted by molar-refractivity contribution is 6.48. The van der Waals surface area contributed by atoms with Gasteiger partial charge in [0.05, 0.1) is 23.8 Å². The van der Waals surface area contributed by atoms with Crippen LogP contribution in [-0.2, 0) is 9.16 Å². The molecule has 0 bridgehead atoms. The second-order valence-corrected chi connectivity index (χ2v) is 11.2. The molecule has 0 spiro atoms. The van der Waals surface area contributed by atoms with Crippen LogP contribution in [0.5, 0.6) is 0 Å². The molecule has 0 aliphatic rings. The lowest BCUT2D eigenvalue weighted by atomic mass is 9.85. The van der Waals surface area contributed by atoms with Crippen molar-refractivity contribution in [2.24, 2.45) is 5.41 Å². The lowest BCUT2D eigenvalue weighted by molar-refractivity contribution is 0.0527. The maximum atomic E-state index is 13.5. The highest BCUT2D eigenvalue weighted by Crippen LogP contribution is 2.38. The first-order valence-electron chi connectivity index (χ1n) is 10.3. The molecule has 0 fully saturated rings. The van der Waals surface area contributed by atoms with Crippen LogP contribution < -0.4 is 0 Å². The summed E-state index contributed by atoms with van der Waals surface area (Å²) in [7, 11) is -1.26. The van der Waals surface area contributed by atoms with E-state index in [1.165, 1.54) is 12.1 Å². The standard InChI is InChI=1S/C24H30FNO3Si/c1-7-28-23(27)19-15-26-14-17(22(24(2,3)4)29-30(5)6)10-13-20(26)21(19)16-8-11-18(25)12-9-16/h8-15,22,30H,7H2,1-6H3. The number of nitrogens with zero attached hydrogens (tertiary/aromatic N) is 1. The van der Waals surface area contributed by atoms with Gasteiger partial charge in [-0.1, -0.05) is 39.0 Å². The zero-order valence-electron chi connectivity index (χ0n) is 18.5. The number of hydrogen-bond acceptors (Lipinski definition) is 3. The smallest absolute Gasteiger partial charge is 0.340 e. The predicted molar refractivity (Wildman–Crippen MR) is 121 cm³/mol. The number of halogens is 1. The number of hydrogen-bond donors (Lipinski definition) is 0. The van der Waals surface area contributed by atoms with Gasteiger partial charge in [0.1, 0.15) is 5.82 Å². The Labute approximate surface area is 179 Å². The molecule has 0 radical (unpaired) electrons. The van der Waals surface area contributed by atoms with Crippen LogP contribution in [0.25, 0.3) is 16.6 Å². The van der Waals surface area contributed by atoms with Crippen LogP contribution in [0, 0.1) is 11.2 Å². The molecule has 30 heavy (non-hydrogen) atoms. The molecule has 1 atom stereocenters. The van der Waals surface area contributed by atoms with Crippen molar-refractivity contribution in [2.75, 3.05) is 6.61 Å². The van der Waals surface area contributed by atoms with Gasteiger partial charge in [-0.15, -0.1) is 0 Å². The minimum atomic E-state index is -1.26. The summed E-state index contributed by atoms with van der Waals surface area (Å²) in [5.41, 5.74) is 3.84. The van der Waals surface area contributed by atoms with Crippen LogP contribution in [0.3, 0.4) is 0 Å². The van der Waals surface area contributed by atoms with Crippen LogP contribution in [0.2, 0.25) is 13.1 Å². The molecule has 0 saturated heterocycles. The van der Waals surface area contributed by atoms with Gasteiger partial charge >= 0.3 is 5.97 Å². The zero-order valence-corrected chi connectivity index (χ0v) is 19.7. The zero-order chi connectivity index (χ0) is 22.1. The van der Waals surface area contributed by atoms with Crippen molar-refractivity contribution in [3.63, 3.8) is 0 Å². The lowest BCUT2D eigenvalue weighted by Gasteiger charge is -2.33. The molecule has 2 aromatic heterocycles. The molecule has 0 aliphatic carbocycles. The Morgan fingerprint density at radius 2 is 1.77 bits per heavy atom. The van der Waals surface area contributed by atoms with Gasteiger partial charge in [0.2, 0.25) is 0 Å². The van der Waals surface area contributed by atoms with Crippen molar-refractivity contribution >= 4 is 20.5 Å². The molecule has 3 aromatic rings. The molecular formula is C24H30FNO3Si. The number of benzene rings is 1. The summed E-state index contributed by atoms with van der Waals surface area (Å²) >= 11 is 0. The molecule has 1 aromatic carbocycles. The van der Waals surface area contributed by atoms with Crippen molar-refractivity contribution in [3.8, 4) is 11.1 Å². The van der Waals surface area contributed by atoms with Gasteiger partial charge in [-0.2, -0.15) is 0 Å². The molecule has 0 N–H and O–H groups in total. The van der Waals surface area contributed by atoms with E-state index < -0.39 is 9.04 Å². The minimum Gasteiger partial charge on any atom is -0.462 e. The summed E-state index contributed by atoms with van der Waals surface area (Å²) in [6, 6.07) is 10.2. The SMILES string of the molecule is CCOC(=O)c1cn2cc(C(O[SiH](C)C)C(C)(C)C)ccc2c1-c1ccc(F)cc1. The van der Waals surface area contributed by atoms with E-state index in [4.69, 9.17) is 9.16 Å². The quantitative estimate of drug-likeness (QED) is 0.357. The van der Waals surface area contributed by atoms with Gasteiger partial charge in [-0.05, 0) is 54.8 Å². The second kappa shape index (κ2) is 8.74. The first-order chi connectivity index (χ1) is 14.1. The van der Waals surface area contributed by atoms with E-state index in [1.54, 1.807) is 25.3 Å². The molecule has 4 nitrogen and oxygen atoms in total. The molecule has 0 saturated carbocycles. The number of ether oxygens (including phenoxy) is 1. The highest BCUT2D eigenvalue weighted by Gasteiger charge is 2.29. The third-order valence-corrected chi connectivity index (χ3v) is 5.74. The largest absolute Gasteiger partial charge is 0.462 e. The van der Waals surface area contributed by atoms with Crippen molar-refractivity contribution in [1.29, 1.82) is 0 Å². The summed E-state index contributed by atoms with van der Waals surface area (Å²) in [4.78, 5) is 12.7. The van der Waals surface area contributed by atoms with E-state index in [-0.39, 0.29) is 29.9 Å². The first-order valence-corrected chi connectivity index (χ1v) is 13.1. The Bertz CT molecular complexity index is 1040. The van der Waals surface area contributed by atoms with Crippen LogP contribution in [0.4, 0.5) is 4.39 Å². The topological polar surface area (TPSA) is 39.9 Å². The van der Waals surface area contributed by atoms with E-state index in [2.05, 4.69) is 39.9 Å². The van der Waals surface area contributed by atoms with Gasteiger partial charge in [0.15, 0.2) is 9.04 Å². The van der Waals surface area contributed by atoms with Crippen molar-refractivity contribution in [2.45, 2.75) is 46.9 Å². The maximum absolute atomic E-state index is 13.5. The number of carbonyl (C=O) groups is 1. The fraction of sp³-hybridized carbons (Fsp3) is 0.375. The fourth-order valence-electron chi connectivity index (χ4n) is 3.69. The average molecular weight is 428 g/mol. The van der Waals surface area contributed by atoms with E-state index in [0.717, 1.165) is 22.2 Å². The fourth-order valence-corrected chi connectivity index (χ4v) is 4.80. The van der Waals surface area contributed by atoms with E-state index in [9.17, 15) is 9.18 Å². The molecular weight excluding hydrogens is 397 g/mol. The molecule has 0 aliphatic heterocycles. The number of esters is 1. The molecule has 6 heteroatoms. The predicted octanol–water partition coefficient (Wildman–Crippen LogP) is 6.01. The average Bonchev–Trinajstić information content (AvgIpc) is 3.05. The normalized spacial score (nSPS) is 13.1.